The van der Waals surface area contributed by atoms with E-state index >= 15 is 0 Å². The zero-order chi connectivity index (χ0) is 11.5. The molecule has 7 heteroatoms. The number of hydrazone groups is 1. The highest BCUT2D eigenvalue weighted by Gasteiger charge is 2.35. The lowest BCUT2D eigenvalue weighted by Gasteiger charge is -2.17. The maximum Gasteiger partial charge on any atom is 0.342 e. The molecule has 0 aromatic carbocycles. The van der Waals surface area contributed by atoms with Gasteiger partial charge < -0.3 is 4.70 Å². The molecule has 1 unspecified atom stereocenters. The summed E-state index contributed by atoms with van der Waals surface area (Å²) in [6.07, 6.45) is 2.50. The Kier molecular flexibility index (Phi) is 5.88. The molecule has 1 N–H and O–H groups in total. The van der Waals surface area contributed by atoms with Crippen LogP contribution in [0.25, 0.3) is 0 Å². The molecule has 2 saturated heterocycles. The second kappa shape index (κ2) is 6.70. The third-order valence-corrected chi connectivity index (χ3v) is 5.39. The highest BCUT2D eigenvalue weighted by Crippen LogP contribution is 2.34. The van der Waals surface area contributed by atoms with Gasteiger partial charge in [0.15, 0.2) is 0 Å². The summed E-state index contributed by atoms with van der Waals surface area (Å²) in [6.45, 7) is 5.78. The SMILES string of the molecule is CCCN1CCC[N+]1=C1NC(N(C)C)SS1.[F-]. The summed E-state index contributed by atoms with van der Waals surface area (Å²) in [6, 6.07) is 0. The second-order valence-electron chi connectivity index (χ2n) is 4.38. The summed E-state index contributed by atoms with van der Waals surface area (Å²) in [5, 5.41) is 7.35. The third-order valence-electron chi connectivity index (χ3n) is 2.78. The number of nitrogens with zero attached hydrogens (tertiary/aromatic N) is 3. The van der Waals surface area contributed by atoms with E-state index in [2.05, 4.69) is 40.9 Å². The Labute approximate surface area is 111 Å². The molecule has 1 atom stereocenters. The Hall–Kier alpha value is -0.140. The molecule has 0 spiro atoms. The van der Waals surface area contributed by atoms with Crippen molar-refractivity contribution in [1.82, 2.24) is 15.2 Å². The van der Waals surface area contributed by atoms with Crippen LogP contribution in [-0.4, -0.2) is 59.0 Å². The van der Waals surface area contributed by atoms with Crippen molar-refractivity contribution in [3.8, 4) is 0 Å². The van der Waals surface area contributed by atoms with Gasteiger partial charge in [-0.1, -0.05) is 6.92 Å². The van der Waals surface area contributed by atoms with E-state index in [0.29, 0.717) is 5.50 Å². The maximum atomic E-state index is 3.57. The number of hydrogen-bond donors (Lipinski definition) is 1. The second-order valence-corrected chi connectivity index (χ2v) is 6.65. The van der Waals surface area contributed by atoms with Crippen LogP contribution in [0.2, 0.25) is 0 Å². The smallest absolute Gasteiger partial charge is 0.342 e. The van der Waals surface area contributed by atoms with E-state index in [0.717, 1.165) is 6.54 Å². The minimum atomic E-state index is 0. The van der Waals surface area contributed by atoms with Gasteiger partial charge in [-0.15, -0.1) is 0 Å². The monoisotopic (exact) mass is 280 g/mol. The molecule has 2 aliphatic rings. The van der Waals surface area contributed by atoms with Gasteiger partial charge in [0.25, 0.3) is 0 Å². The fourth-order valence-corrected chi connectivity index (χ4v) is 4.61. The number of hydrogen-bond acceptors (Lipinski definition) is 4. The Morgan fingerprint density at radius 3 is 2.88 bits per heavy atom. The highest BCUT2D eigenvalue weighted by molar-refractivity contribution is 8.83. The van der Waals surface area contributed by atoms with Crippen molar-refractivity contribution in [2.24, 2.45) is 0 Å². The lowest BCUT2D eigenvalue weighted by molar-refractivity contribution is -0.666. The van der Waals surface area contributed by atoms with Crippen LogP contribution in [0.3, 0.4) is 0 Å². The average Bonchev–Trinajstić information content (AvgIpc) is 2.84. The standard InChI is InChI=1S/C10H20N4S2.FH/c1-4-6-13-7-5-8-14(13)10-11-9(12(2)3)15-16-10;/h9H,4-8H2,1-3H3;1H. The van der Waals surface area contributed by atoms with Crippen molar-refractivity contribution in [2.45, 2.75) is 25.3 Å². The lowest BCUT2D eigenvalue weighted by Crippen LogP contribution is -3.00. The molecule has 2 aliphatic heterocycles. The molecule has 0 bridgehead atoms. The Morgan fingerprint density at radius 2 is 2.29 bits per heavy atom. The number of rotatable bonds is 3. The van der Waals surface area contributed by atoms with Crippen LogP contribution in [0.15, 0.2) is 0 Å². The largest absolute Gasteiger partial charge is 1.00 e. The van der Waals surface area contributed by atoms with Crippen molar-refractivity contribution in [2.75, 3.05) is 33.7 Å². The van der Waals surface area contributed by atoms with Crippen molar-refractivity contribution in [3.63, 3.8) is 0 Å². The highest BCUT2D eigenvalue weighted by atomic mass is 33.1. The van der Waals surface area contributed by atoms with Gasteiger partial charge >= 0.3 is 5.17 Å². The molecule has 2 heterocycles. The Balaban J connectivity index is 0.00000144. The predicted octanol–water partition coefficient (Wildman–Crippen LogP) is -1.78. The van der Waals surface area contributed by atoms with Gasteiger partial charge in [0.2, 0.25) is 5.50 Å². The Bertz CT molecular complexity index is 285. The van der Waals surface area contributed by atoms with Gasteiger partial charge in [-0.25, -0.2) is 10.3 Å². The van der Waals surface area contributed by atoms with Gasteiger partial charge in [0.1, 0.15) is 6.54 Å². The molecule has 0 saturated carbocycles. The molecule has 0 aliphatic carbocycles. The van der Waals surface area contributed by atoms with E-state index in [1.54, 1.807) is 0 Å². The van der Waals surface area contributed by atoms with E-state index in [1.807, 2.05) is 21.6 Å². The molecule has 17 heavy (non-hydrogen) atoms. The van der Waals surface area contributed by atoms with Crippen LogP contribution in [0.4, 0.5) is 0 Å². The van der Waals surface area contributed by atoms with Crippen LogP contribution in [0.5, 0.6) is 0 Å². The topological polar surface area (TPSA) is 21.5 Å². The van der Waals surface area contributed by atoms with E-state index < -0.39 is 0 Å². The summed E-state index contributed by atoms with van der Waals surface area (Å²) < 4.78 is 2.42. The molecule has 2 rings (SSSR count). The first-order valence-electron chi connectivity index (χ1n) is 5.88. The van der Waals surface area contributed by atoms with Crippen molar-refractivity contribution >= 4 is 26.8 Å². The molecular weight excluding hydrogens is 259 g/mol. The minimum absolute atomic E-state index is 0. The summed E-state index contributed by atoms with van der Waals surface area (Å²) in [5.74, 6) is 0. The van der Waals surface area contributed by atoms with Crippen LogP contribution < -0.4 is 10.0 Å². The summed E-state index contributed by atoms with van der Waals surface area (Å²) in [7, 11) is 7.99. The first-order valence-corrected chi connectivity index (χ1v) is 8.09. The van der Waals surface area contributed by atoms with Crippen molar-refractivity contribution in [1.29, 1.82) is 0 Å². The van der Waals surface area contributed by atoms with Gasteiger partial charge in [-0.05, 0) is 31.3 Å². The van der Waals surface area contributed by atoms with E-state index in [1.165, 1.54) is 31.1 Å². The molecule has 100 valence electrons. The zero-order valence-electron chi connectivity index (χ0n) is 10.6. The average molecular weight is 280 g/mol. The van der Waals surface area contributed by atoms with Gasteiger partial charge in [0, 0.05) is 17.2 Å². The van der Waals surface area contributed by atoms with E-state index in [4.69, 9.17) is 0 Å². The van der Waals surface area contributed by atoms with E-state index in [9.17, 15) is 0 Å². The fourth-order valence-electron chi connectivity index (χ4n) is 1.96. The van der Waals surface area contributed by atoms with Crippen molar-refractivity contribution < 1.29 is 9.39 Å². The molecule has 4 nitrogen and oxygen atoms in total. The van der Waals surface area contributed by atoms with Crippen molar-refractivity contribution in [3.05, 3.63) is 0 Å². The van der Waals surface area contributed by atoms with Gasteiger partial charge in [0.05, 0.1) is 13.1 Å². The molecule has 0 radical (unpaired) electrons. The molecule has 2 fully saturated rings. The van der Waals surface area contributed by atoms with E-state index in [-0.39, 0.29) is 4.70 Å². The molecule has 0 aromatic heterocycles. The summed E-state index contributed by atoms with van der Waals surface area (Å²) >= 11 is 0. The quantitative estimate of drug-likeness (QED) is 0.486. The first-order chi connectivity index (χ1) is 7.72. The zero-order valence-corrected chi connectivity index (χ0v) is 12.3. The predicted molar refractivity (Wildman–Crippen MR) is 72.4 cm³/mol. The number of hydrazine groups is 1. The van der Waals surface area contributed by atoms with Crippen LogP contribution >= 0.6 is 21.6 Å². The van der Waals surface area contributed by atoms with Crippen LogP contribution in [0.1, 0.15) is 19.8 Å². The van der Waals surface area contributed by atoms with Gasteiger partial charge in [-0.2, -0.15) is 4.68 Å². The maximum absolute atomic E-state index is 3.57. The van der Waals surface area contributed by atoms with Crippen LogP contribution in [-0.2, 0) is 0 Å². The normalized spacial score (nSPS) is 28.5. The summed E-state index contributed by atoms with van der Waals surface area (Å²) in [5.41, 5.74) is 0.407. The minimum Gasteiger partial charge on any atom is -1.00 e. The molecule has 0 amide bonds. The first kappa shape index (κ1) is 14.9. The fraction of sp³-hybridized carbons (Fsp3) is 0.900. The lowest BCUT2D eigenvalue weighted by atomic mass is 10.4. The number of nitrogens with one attached hydrogen (secondary N) is 1. The van der Waals surface area contributed by atoms with Gasteiger partial charge in [-0.3, -0.25) is 4.90 Å². The molecular formula is C10H21FN4S2. The Morgan fingerprint density at radius 1 is 1.53 bits per heavy atom. The number of amidine groups is 1. The van der Waals surface area contributed by atoms with Crippen LogP contribution in [0, 0.1) is 0 Å². The summed E-state index contributed by atoms with van der Waals surface area (Å²) in [4.78, 5) is 2.21. The third kappa shape index (κ3) is 3.42. The number of halogens is 1. The molecule has 0 aromatic rings.